The third-order valence-corrected chi connectivity index (χ3v) is 4.33. The van der Waals surface area contributed by atoms with Crippen LogP contribution in [0.3, 0.4) is 0 Å². The summed E-state index contributed by atoms with van der Waals surface area (Å²) in [7, 11) is 0. The molecule has 2 aromatic rings. The summed E-state index contributed by atoms with van der Waals surface area (Å²) in [6.45, 7) is 0. The molecule has 0 N–H and O–H groups in total. The molecule has 0 fully saturated rings. The van der Waals surface area contributed by atoms with E-state index in [1.54, 1.807) is 6.07 Å². The van der Waals surface area contributed by atoms with E-state index in [2.05, 4.69) is 35.2 Å². The molecule has 3 nitrogen and oxygen atoms in total. The highest BCUT2D eigenvalue weighted by atomic mass is 127. The van der Waals surface area contributed by atoms with Gasteiger partial charge in [-0.05, 0) is 34.7 Å². The Morgan fingerprint density at radius 3 is 2.79 bits per heavy atom. The van der Waals surface area contributed by atoms with Gasteiger partial charge in [0.05, 0.1) is 9.62 Å². The zero-order valence-corrected chi connectivity index (χ0v) is 10.6. The zero-order valence-electron chi connectivity index (χ0n) is 6.73. The average molecular weight is 337 g/mol. The molecule has 72 valence electrons. The Morgan fingerprint density at radius 1 is 1.43 bits per heavy atom. The number of fused-ring (bicyclic) bond motifs is 1. The number of nitro groups is 1. The van der Waals surface area contributed by atoms with E-state index < -0.39 is 0 Å². The molecule has 1 aromatic carbocycles. The Bertz CT molecular complexity index is 523. The molecule has 6 heteroatoms. The third-order valence-electron chi connectivity index (χ3n) is 1.72. The monoisotopic (exact) mass is 337 g/mol. The number of thiophene rings is 1. The van der Waals surface area contributed by atoms with Gasteiger partial charge in [0.25, 0.3) is 0 Å². The van der Waals surface area contributed by atoms with Gasteiger partial charge >= 0.3 is 5.00 Å². The molecule has 0 bridgehead atoms. The van der Waals surface area contributed by atoms with Crippen molar-refractivity contribution in [2.24, 2.45) is 0 Å². The Kier molecular flexibility index (Phi) is 2.67. The lowest BCUT2D eigenvalue weighted by molar-refractivity contribution is -0.380. The molecule has 0 radical (unpaired) electrons. The van der Waals surface area contributed by atoms with Crippen LogP contribution in [0.5, 0.6) is 0 Å². The molecular formula is C8H4INO2S2. The fraction of sp³-hybridized carbons (Fsp3) is 0. The Balaban J connectivity index is 2.76. The molecule has 0 unspecified atom stereocenters. The van der Waals surface area contributed by atoms with Crippen molar-refractivity contribution in [3.8, 4) is 0 Å². The summed E-state index contributed by atoms with van der Waals surface area (Å²) in [5.41, 5.74) is 0. The summed E-state index contributed by atoms with van der Waals surface area (Å²) >= 11 is 7.58. The lowest BCUT2D eigenvalue weighted by Gasteiger charge is -1.94. The first-order valence-corrected chi connectivity index (χ1v) is 5.98. The lowest BCUT2D eigenvalue weighted by Crippen LogP contribution is -1.80. The minimum absolute atomic E-state index is 0.178. The van der Waals surface area contributed by atoms with Crippen LogP contribution in [0, 0.1) is 13.7 Å². The SMILES string of the molecule is O=[N+]([O-])c1cc2cc(S)cc(I)c2s1. The maximum Gasteiger partial charge on any atom is 0.325 e. The van der Waals surface area contributed by atoms with Crippen LogP contribution >= 0.6 is 46.6 Å². The quantitative estimate of drug-likeness (QED) is 0.373. The lowest BCUT2D eigenvalue weighted by atomic mass is 10.3. The van der Waals surface area contributed by atoms with Crippen LogP contribution < -0.4 is 0 Å². The minimum atomic E-state index is -0.362. The van der Waals surface area contributed by atoms with Gasteiger partial charge in [-0.1, -0.05) is 11.3 Å². The van der Waals surface area contributed by atoms with Crippen molar-refractivity contribution >= 4 is 61.6 Å². The highest BCUT2D eigenvalue weighted by Gasteiger charge is 2.13. The molecule has 0 atom stereocenters. The first kappa shape index (κ1) is 10.2. The highest BCUT2D eigenvalue weighted by Crippen LogP contribution is 2.35. The van der Waals surface area contributed by atoms with E-state index in [0.717, 1.165) is 18.6 Å². The number of hydrogen-bond acceptors (Lipinski definition) is 4. The summed E-state index contributed by atoms with van der Waals surface area (Å²) in [6.07, 6.45) is 0. The fourth-order valence-corrected chi connectivity index (χ4v) is 3.53. The van der Waals surface area contributed by atoms with Crippen LogP contribution in [0.25, 0.3) is 10.1 Å². The zero-order chi connectivity index (χ0) is 10.3. The third kappa shape index (κ3) is 1.73. The Labute approximate surface area is 103 Å². The molecule has 0 saturated heterocycles. The number of benzene rings is 1. The Hall–Kier alpha value is -0.340. The molecule has 0 amide bonds. The van der Waals surface area contributed by atoms with Gasteiger partial charge in [0.2, 0.25) is 0 Å². The molecule has 0 spiro atoms. The summed E-state index contributed by atoms with van der Waals surface area (Å²) < 4.78 is 1.96. The van der Waals surface area contributed by atoms with Crippen molar-refractivity contribution in [2.75, 3.05) is 0 Å². The van der Waals surface area contributed by atoms with Gasteiger partial charge in [-0.3, -0.25) is 10.1 Å². The van der Waals surface area contributed by atoms with Crippen LogP contribution in [0.4, 0.5) is 5.00 Å². The first-order valence-electron chi connectivity index (χ1n) is 3.64. The van der Waals surface area contributed by atoms with E-state index in [4.69, 9.17) is 0 Å². The standard InChI is InChI=1S/C8H4INO2S2/c9-6-3-5(13)1-4-2-7(10(11)12)14-8(4)6/h1-3,13H. The van der Waals surface area contributed by atoms with Gasteiger partial charge in [-0.25, -0.2) is 0 Å². The van der Waals surface area contributed by atoms with Crippen LogP contribution in [0.2, 0.25) is 0 Å². The van der Waals surface area contributed by atoms with Crippen LogP contribution in [-0.4, -0.2) is 4.92 Å². The minimum Gasteiger partial charge on any atom is -0.258 e. The molecule has 0 aliphatic carbocycles. The predicted octanol–water partition coefficient (Wildman–Crippen LogP) is 3.70. The van der Waals surface area contributed by atoms with Crippen molar-refractivity contribution in [3.63, 3.8) is 0 Å². The molecule has 1 aromatic heterocycles. The summed E-state index contributed by atoms with van der Waals surface area (Å²) in [5.74, 6) is 0. The van der Waals surface area contributed by atoms with E-state index in [-0.39, 0.29) is 9.92 Å². The molecule has 2 rings (SSSR count). The van der Waals surface area contributed by atoms with Crippen molar-refractivity contribution in [3.05, 3.63) is 31.9 Å². The van der Waals surface area contributed by atoms with E-state index in [0.29, 0.717) is 0 Å². The highest BCUT2D eigenvalue weighted by molar-refractivity contribution is 14.1. The summed E-state index contributed by atoms with van der Waals surface area (Å²) in [5, 5.41) is 11.6. The molecular weight excluding hydrogens is 333 g/mol. The molecule has 0 saturated carbocycles. The number of halogens is 1. The Morgan fingerprint density at radius 2 is 2.14 bits per heavy atom. The van der Waals surface area contributed by atoms with Gasteiger partial charge < -0.3 is 0 Å². The molecule has 0 aliphatic rings. The number of hydrogen-bond donors (Lipinski definition) is 1. The van der Waals surface area contributed by atoms with E-state index in [9.17, 15) is 10.1 Å². The second kappa shape index (κ2) is 3.67. The summed E-state index contributed by atoms with van der Waals surface area (Å²) in [6, 6.07) is 5.32. The van der Waals surface area contributed by atoms with Gasteiger partial charge in [0.15, 0.2) is 0 Å². The van der Waals surface area contributed by atoms with Crippen LogP contribution in [0.15, 0.2) is 23.1 Å². The number of nitrogens with zero attached hydrogens (tertiary/aromatic N) is 1. The van der Waals surface area contributed by atoms with Gasteiger partial charge in [0.1, 0.15) is 0 Å². The number of rotatable bonds is 1. The smallest absolute Gasteiger partial charge is 0.258 e. The topological polar surface area (TPSA) is 43.1 Å². The van der Waals surface area contributed by atoms with E-state index >= 15 is 0 Å². The van der Waals surface area contributed by atoms with Crippen molar-refractivity contribution in [2.45, 2.75) is 4.90 Å². The van der Waals surface area contributed by atoms with Gasteiger partial charge in [-0.15, -0.1) is 12.6 Å². The second-order valence-corrected chi connectivity index (χ2v) is 5.40. The number of thiol groups is 1. The normalized spacial score (nSPS) is 10.7. The van der Waals surface area contributed by atoms with E-state index in [1.807, 2.05) is 12.1 Å². The summed E-state index contributed by atoms with van der Waals surface area (Å²) in [4.78, 5) is 11.0. The maximum absolute atomic E-state index is 10.6. The predicted molar refractivity (Wildman–Crippen MR) is 68.4 cm³/mol. The average Bonchev–Trinajstić information content (AvgIpc) is 2.47. The fourth-order valence-electron chi connectivity index (χ4n) is 1.17. The van der Waals surface area contributed by atoms with Crippen LogP contribution in [-0.2, 0) is 0 Å². The van der Waals surface area contributed by atoms with Gasteiger partial charge in [0, 0.05) is 19.9 Å². The second-order valence-electron chi connectivity index (χ2n) is 2.69. The largest absolute Gasteiger partial charge is 0.325 e. The van der Waals surface area contributed by atoms with Crippen molar-refractivity contribution in [1.82, 2.24) is 0 Å². The maximum atomic E-state index is 10.6. The van der Waals surface area contributed by atoms with Crippen LogP contribution in [0.1, 0.15) is 0 Å². The molecule has 1 heterocycles. The van der Waals surface area contributed by atoms with E-state index in [1.165, 1.54) is 11.3 Å². The first-order chi connectivity index (χ1) is 6.58. The van der Waals surface area contributed by atoms with Crippen molar-refractivity contribution < 1.29 is 4.92 Å². The molecule has 0 aliphatic heterocycles. The van der Waals surface area contributed by atoms with Crippen molar-refractivity contribution in [1.29, 1.82) is 0 Å². The molecule has 14 heavy (non-hydrogen) atoms. The van der Waals surface area contributed by atoms with Gasteiger partial charge in [-0.2, -0.15) is 0 Å².